The van der Waals surface area contributed by atoms with Crippen LogP contribution in [0.2, 0.25) is 0 Å². The highest BCUT2D eigenvalue weighted by Crippen LogP contribution is 2.39. The number of pyridine rings is 1. The van der Waals surface area contributed by atoms with Gasteiger partial charge in [0, 0.05) is 12.6 Å². The van der Waals surface area contributed by atoms with E-state index in [9.17, 15) is 23.1 Å². The number of imidazole rings is 1. The normalized spacial score (nSPS) is 12.0. The molecule has 0 unspecified atom stereocenters. The minimum atomic E-state index is -4.64. The molecule has 2 N–H and O–H groups in total. The number of hydrogen-bond donors (Lipinski definition) is 2. The van der Waals surface area contributed by atoms with Crippen LogP contribution in [-0.2, 0) is 13.2 Å². The molecule has 0 aliphatic carbocycles. The molecule has 0 saturated heterocycles. The molecule has 3 aromatic rings. The van der Waals surface area contributed by atoms with E-state index in [-0.39, 0.29) is 16.7 Å². The first kappa shape index (κ1) is 14.2. The number of halogens is 3. The third-order valence-corrected chi connectivity index (χ3v) is 3.36. The highest BCUT2D eigenvalue weighted by Gasteiger charge is 2.35. The van der Waals surface area contributed by atoms with Gasteiger partial charge in [-0.05, 0) is 6.07 Å². The monoisotopic (exact) mass is 309 g/mol. The number of aromatic hydroxyl groups is 1. The van der Waals surface area contributed by atoms with Crippen LogP contribution in [0.15, 0.2) is 35.4 Å². The minimum absolute atomic E-state index is 0.109. The lowest BCUT2D eigenvalue weighted by Crippen LogP contribution is -2.14. The summed E-state index contributed by atoms with van der Waals surface area (Å²) in [5.74, 6) is -0.532. The number of nitrogens with one attached hydrogen (secondary N) is 1. The van der Waals surface area contributed by atoms with Gasteiger partial charge in [0.05, 0.1) is 17.5 Å². The predicted octanol–water partition coefficient (Wildman–Crippen LogP) is 2.65. The second-order valence-corrected chi connectivity index (χ2v) is 4.77. The van der Waals surface area contributed by atoms with Gasteiger partial charge in [0.2, 0.25) is 0 Å². The molecule has 8 heteroatoms. The maximum atomic E-state index is 13.1. The smallest absolute Gasteiger partial charge is 0.417 e. The third kappa shape index (κ3) is 2.03. The standard InChI is InChI=1S/C14H10F3N3O2/c1-20-6-18-12-10(20)11(21)9(13(22)19-12)7-4-2-3-5-8(7)14(15,16)17/h2-6H,1H3,(H2,19,21,22). The van der Waals surface area contributed by atoms with Gasteiger partial charge < -0.3 is 14.7 Å². The number of benzene rings is 1. The molecule has 0 bridgehead atoms. The van der Waals surface area contributed by atoms with Crippen molar-refractivity contribution in [2.24, 2.45) is 7.05 Å². The van der Waals surface area contributed by atoms with Gasteiger partial charge in [0.25, 0.3) is 5.56 Å². The lowest BCUT2D eigenvalue weighted by Gasteiger charge is -2.13. The van der Waals surface area contributed by atoms with E-state index in [0.29, 0.717) is 0 Å². The van der Waals surface area contributed by atoms with Crippen molar-refractivity contribution in [3.63, 3.8) is 0 Å². The summed E-state index contributed by atoms with van der Waals surface area (Å²) in [6, 6.07) is 4.61. The van der Waals surface area contributed by atoms with Gasteiger partial charge >= 0.3 is 6.18 Å². The summed E-state index contributed by atoms with van der Waals surface area (Å²) in [6.07, 6.45) is -3.29. The number of rotatable bonds is 1. The Morgan fingerprint density at radius 2 is 1.95 bits per heavy atom. The Morgan fingerprint density at radius 3 is 2.64 bits per heavy atom. The van der Waals surface area contributed by atoms with Crippen LogP contribution in [0.3, 0.4) is 0 Å². The fraction of sp³-hybridized carbons (Fsp3) is 0.143. The zero-order valence-electron chi connectivity index (χ0n) is 11.3. The van der Waals surface area contributed by atoms with Gasteiger partial charge in [-0.15, -0.1) is 0 Å². The summed E-state index contributed by atoms with van der Waals surface area (Å²) in [7, 11) is 1.56. The molecule has 0 aliphatic heterocycles. The first-order chi connectivity index (χ1) is 10.3. The van der Waals surface area contributed by atoms with Crippen molar-refractivity contribution in [1.29, 1.82) is 0 Å². The van der Waals surface area contributed by atoms with E-state index in [1.165, 1.54) is 23.0 Å². The molecule has 0 saturated carbocycles. The Morgan fingerprint density at radius 1 is 1.27 bits per heavy atom. The van der Waals surface area contributed by atoms with Gasteiger partial charge in [0.15, 0.2) is 11.4 Å². The van der Waals surface area contributed by atoms with Gasteiger partial charge in [0.1, 0.15) is 5.52 Å². The number of alkyl halides is 3. The van der Waals surface area contributed by atoms with Crippen LogP contribution in [0.25, 0.3) is 22.3 Å². The summed E-state index contributed by atoms with van der Waals surface area (Å²) in [5.41, 5.74) is -2.36. The lowest BCUT2D eigenvalue weighted by molar-refractivity contribution is -0.137. The van der Waals surface area contributed by atoms with Crippen LogP contribution in [0.5, 0.6) is 5.75 Å². The Kier molecular flexibility index (Phi) is 2.98. The molecule has 5 nitrogen and oxygen atoms in total. The highest BCUT2D eigenvalue weighted by molar-refractivity contribution is 5.88. The minimum Gasteiger partial charge on any atom is -0.505 e. The van der Waals surface area contributed by atoms with Gasteiger partial charge in [-0.2, -0.15) is 13.2 Å². The van der Waals surface area contributed by atoms with E-state index in [0.717, 1.165) is 12.1 Å². The van der Waals surface area contributed by atoms with E-state index >= 15 is 0 Å². The fourth-order valence-corrected chi connectivity index (χ4v) is 2.40. The van der Waals surface area contributed by atoms with Crippen molar-refractivity contribution >= 4 is 11.2 Å². The van der Waals surface area contributed by atoms with Crippen molar-refractivity contribution in [2.45, 2.75) is 6.18 Å². The van der Waals surface area contributed by atoms with Crippen LogP contribution in [0.1, 0.15) is 5.56 Å². The van der Waals surface area contributed by atoms with Crippen molar-refractivity contribution in [3.05, 3.63) is 46.5 Å². The zero-order valence-corrected chi connectivity index (χ0v) is 11.3. The topological polar surface area (TPSA) is 70.9 Å². The van der Waals surface area contributed by atoms with E-state index in [2.05, 4.69) is 9.97 Å². The SMILES string of the molecule is Cn1cnc2[nH]c(=O)c(-c3ccccc3C(F)(F)F)c(O)c21. The molecule has 0 aliphatic rings. The second kappa shape index (κ2) is 4.62. The Balaban J connectivity index is 2.42. The molecule has 114 valence electrons. The van der Waals surface area contributed by atoms with Crippen molar-refractivity contribution in [3.8, 4) is 16.9 Å². The summed E-state index contributed by atoms with van der Waals surface area (Å²) >= 11 is 0. The number of aryl methyl sites for hydroxylation is 1. The van der Waals surface area contributed by atoms with E-state index in [1.54, 1.807) is 7.05 Å². The summed E-state index contributed by atoms with van der Waals surface area (Å²) < 4.78 is 40.8. The third-order valence-electron chi connectivity index (χ3n) is 3.36. The van der Waals surface area contributed by atoms with Gasteiger partial charge in [-0.3, -0.25) is 4.79 Å². The molecule has 0 fully saturated rings. The molecule has 3 rings (SSSR count). The largest absolute Gasteiger partial charge is 0.505 e. The molecular formula is C14H10F3N3O2. The van der Waals surface area contributed by atoms with Crippen LogP contribution < -0.4 is 5.56 Å². The van der Waals surface area contributed by atoms with E-state index < -0.39 is 28.6 Å². The van der Waals surface area contributed by atoms with Crippen LogP contribution >= 0.6 is 0 Å². The predicted molar refractivity (Wildman–Crippen MR) is 73.4 cm³/mol. The van der Waals surface area contributed by atoms with Crippen molar-refractivity contribution in [1.82, 2.24) is 14.5 Å². The Labute approximate surface area is 121 Å². The Hall–Kier alpha value is -2.77. The van der Waals surface area contributed by atoms with Crippen molar-refractivity contribution < 1.29 is 18.3 Å². The molecule has 0 amide bonds. The molecule has 0 atom stereocenters. The van der Waals surface area contributed by atoms with E-state index in [1.807, 2.05) is 0 Å². The number of nitrogens with zero attached hydrogens (tertiary/aromatic N) is 2. The van der Waals surface area contributed by atoms with Gasteiger partial charge in [-0.25, -0.2) is 4.98 Å². The number of aromatic nitrogens is 3. The van der Waals surface area contributed by atoms with E-state index in [4.69, 9.17) is 0 Å². The zero-order chi connectivity index (χ0) is 16.1. The summed E-state index contributed by atoms with van der Waals surface area (Å²) in [4.78, 5) is 18.4. The lowest BCUT2D eigenvalue weighted by atomic mass is 9.99. The quantitative estimate of drug-likeness (QED) is 0.726. The molecule has 0 spiro atoms. The number of aromatic amines is 1. The average Bonchev–Trinajstić information content (AvgIpc) is 2.79. The van der Waals surface area contributed by atoms with Gasteiger partial charge in [-0.1, -0.05) is 18.2 Å². The second-order valence-electron chi connectivity index (χ2n) is 4.77. The fourth-order valence-electron chi connectivity index (χ4n) is 2.40. The molecular weight excluding hydrogens is 299 g/mol. The molecule has 0 radical (unpaired) electrons. The summed E-state index contributed by atoms with van der Waals surface area (Å²) in [6.45, 7) is 0. The maximum absolute atomic E-state index is 13.1. The number of H-pyrrole nitrogens is 1. The first-order valence-corrected chi connectivity index (χ1v) is 6.23. The Bertz CT molecular complexity index is 925. The molecule has 22 heavy (non-hydrogen) atoms. The highest BCUT2D eigenvalue weighted by atomic mass is 19.4. The number of hydrogen-bond acceptors (Lipinski definition) is 3. The van der Waals surface area contributed by atoms with Crippen LogP contribution in [0.4, 0.5) is 13.2 Å². The van der Waals surface area contributed by atoms with Crippen molar-refractivity contribution in [2.75, 3.05) is 0 Å². The molecule has 1 aromatic carbocycles. The first-order valence-electron chi connectivity index (χ1n) is 6.23. The van der Waals surface area contributed by atoms with Crippen LogP contribution in [-0.4, -0.2) is 19.6 Å². The summed E-state index contributed by atoms with van der Waals surface area (Å²) in [5, 5.41) is 10.3. The molecule has 2 aromatic heterocycles. The van der Waals surface area contributed by atoms with Crippen LogP contribution in [0, 0.1) is 0 Å². The molecule has 2 heterocycles. The average molecular weight is 309 g/mol. The maximum Gasteiger partial charge on any atom is 0.417 e. The number of fused-ring (bicyclic) bond motifs is 1.